The molecule has 2 aromatic carbocycles. The summed E-state index contributed by atoms with van der Waals surface area (Å²) in [4.78, 5) is 33.8. The number of urea groups is 1. The van der Waals surface area contributed by atoms with Gasteiger partial charge in [-0.05, 0) is 18.2 Å². The van der Waals surface area contributed by atoms with Gasteiger partial charge in [0.1, 0.15) is 11.6 Å². The zero-order valence-corrected chi connectivity index (χ0v) is 11.8. The summed E-state index contributed by atoms with van der Waals surface area (Å²) in [5, 5.41) is 11.6. The van der Waals surface area contributed by atoms with E-state index in [1.54, 1.807) is 48.5 Å². The van der Waals surface area contributed by atoms with E-state index in [2.05, 4.69) is 9.98 Å². The Labute approximate surface area is 130 Å². The number of hydrogen-bond acceptors (Lipinski definition) is 4. The number of amides is 3. The number of amidine groups is 1. The molecule has 7 heteroatoms. The smallest absolute Gasteiger partial charge is 0.454 e. The van der Waals surface area contributed by atoms with Crippen LogP contribution in [0, 0.1) is 0 Å². The number of carbonyl (C=O) groups excluding carboxylic acids is 2. The molecular formula is C16H10N4O3. The van der Waals surface area contributed by atoms with Crippen LogP contribution in [-0.2, 0) is 0 Å². The maximum absolute atomic E-state index is 12.9. The number of fused-ring (bicyclic) bond motifs is 3. The lowest BCUT2D eigenvalue weighted by Gasteiger charge is -2.33. The van der Waals surface area contributed by atoms with E-state index in [0.717, 1.165) is 0 Å². The fraction of sp³-hybridized carbons (Fsp3) is 0. The van der Waals surface area contributed by atoms with Crippen LogP contribution in [0.1, 0.15) is 10.4 Å². The second kappa shape index (κ2) is 4.85. The Morgan fingerprint density at radius 1 is 0.913 bits per heavy atom. The van der Waals surface area contributed by atoms with E-state index in [0.29, 0.717) is 16.9 Å². The molecule has 0 spiro atoms. The minimum Gasteiger partial charge on any atom is -0.844 e. The molecule has 2 aliphatic rings. The van der Waals surface area contributed by atoms with Crippen LogP contribution >= 0.6 is 0 Å². The van der Waals surface area contributed by atoms with Crippen molar-refractivity contribution in [2.75, 3.05) is 4.90 Å². The van der Waals surface area contributed by atoms with Crippen LogP contribution in [0.25, 0.3) is 0 Å². The largest absolute Gasteiger partial charge is 0.844 e. The number of carbonyl (C=O) groups is 2. The van der Waals surface area contributed by atoms with Crippen molar-refractivity contribution in [2.24, 2.45) is 9.98 Å². The van der Waals surface area contributed by atoms with Crippen LogP contribution < -0.4 is 14.9 Å². The predicted octanol–water partition coefficient (Wildman–Crippen LogP) is 0.0693. The molecule has 23 heavy (non-hydrogen) atoms. The van der Waals surface area contributed by atoms with Gasteiger partial charge in [0.2, 0.25) is 0 Å². The second-order valence-corrected chi connectivity index (χ2v) is 5.03. The lowest BCUT2D eigenvalue weighted by Crippen LogP contribution is -3.16. The lowest BCUT2D eigenvalue weighted by molar-refractivity contribution is -0.634. The fourth-order valence-electron chi connectivity index (χ4n) is 2.73. The molecule has 0 saturated heterocycles. The van der Waals surface area contributed by atoms with Crippen LogP contribution in [0.2, 0.25) is 0 Å². The first-order valence-electron chi connectivity index (χ1n) is 6.92. The Bertz CT molecular complexity index is 889. The predicted molar refractivity (Wildman–Crippen MR) is 80.6 cm³/mol. The topological polar surface area (TPSA) is 89.6 Å². The van der Waals surface area contributed by atoms with Crippen molar-refractivity contribution in [3.8, 4) is 0 Å². The molecule has 1 unspecified atom stereocenters. The number of nitrogens with zero attached hydrogens (tertiary/aromatic N) is 3. The molecule has 2 heterocycles. The third-order valence-electron chi connectivity index (χ3n) is 3.69. The monoisotopic (exact) mass is 306 g/mol. The molecule has 3 amide bonds. The van der Waals surface area contributed by atoms with Crippen molar-refractivity contribution in [3.63, 3.8) is 0 Å². The Balaban J connectivity index is 1.99. The van der Waals surface area contributed by atoms with Gasteiger partial charge in [-0.25, -0.2) is 9.69 Å². The quantitative estimate of drug-likeness (QED) is 0.808. The molecule has 2 aromatic rings. The van der Waals surface area contributed by atoms with E-state index in [1.807, 2.05) is 6.07 Å². The molecule has 1 N–H and O–H groups in total. The van der Waals surface area contributed by atoms with Crippen molar-refractivity contribution in [1.82, 2.24) is 0 Å². The molecule has 112 valence electrons. The first-order valence-corrected chi connectivity index (χ1v) is 6.92. The third kappa shape index (κ3) is 1.95. The normalized spacial score (nSPS) is 19.7. The van der Waals surface area contributed by atoms with Crippen molar-refractivity contribution >= 4 is 35.3 Å². The number of aliphatic imine (C=N–C) groups is 2. The van der Waals surface area contributed by atoms with E-state index in [9.17, 15) is 14.7 Å². The molecule has 0 aromatic heterocycles. The molecule has 0 aliphatic carbocycles. The highest BCUT2D eigenvalue weighted by atomic mass is 16.3. The van der Waals surface area contributed by atoms with Crippen LogP contribution in [0.3, 0.4) is 0 Å². The third-order valence-corrected chi connectivity index (χ3v) is 3.69. The van der Waals surface area contributed by atoms with Gasteiger partial charge >= 0.3 is 12.0 Å². The summed E-state index contributed by atoms with van der Waals surface area (Å²) in [6.45, 7) is 0. The summed E-state index contributed by atoms with van der Waals surface area (Å²) in [5.41, 5.74) is 1.36. The van der Waals surface area contributed by atoms with Crippen LogP contribution in [0.5, 0.6) is 0 Å². The standard InChI is InChI=1S/C16H10N4O3/c21-13-11-8-4-5-9-12(11)20-15(17-14(22)18-16(20)23)19(13)10-6-2-1-3-7-10/h1-9H,(H,18,22,23). The lowest BCUT2D eigenvalue weighted by atomic mass is 10.1. The van der Waals surface area contributed by atoms with Gasteiger partial charge in [-0.1, -0.05) is 30.3 Å². The van der Waals surface area contributed by atoms with E-state index in [4.69, 9.17) is 0 Å². The highest BCUT2D eigenvalue weighted by Gasteiger charge is 2.46. The number of rotatable bonds is 1. The summed E-state index contributed by atoms with van der Waals surface area (Å²) >= 11 is 0. The molecule has 0 bridgehead atoms. The van der Waals surface area contributed by atoms with Gasteiger partial charge in [0.15, 0.2) is 5.69 Å². The zero-order chi connectivity index (χ0) is 16.0. The van der Waals surface area contributed by atoms with Gasteiger partial charge < -0.3 is 5.11 Å². The van der Waals surface area contributed by atoms with Gasteiger partial charge in [-0.15, -0.1) is 0 Å². The number of benzene rings is 2. The highest BCUT2D eigenvalue weighted by molar-refractivity contribution is 6.26. The number of nitrogens with one attached hydrogen (secondary N) is 1. The van der Waals surface area contributed by atoms with Gasteiger partial charge in [0.05, 0.1) is 5.69 Å². The molecule has 4 rings (SSSR count). The van der Waals surface area contributed by atoms with Crippen LogP contribution in [-0.4, -0.2) is 23.9 Å². The molecule has 0 radical (unpaired) electrons. The van der Waals surface area contributed by atoms with Crippen LogP contribution in [0.15, 0.2) is 64.6 Å². The molecular weight excluding hydrogens is 296 g/mol. The van der Waals surface area contributed by atoms with E-state index in [1.165, 1.54) is 4.90 Å². The first kappa shape index (κ1) is 13.4. The van der Waals surface area contributed by atoms with E-state index < -0.39 is 12.1 Å². The first-order chi connectivity index (χ1) is 11.2. The summed E-state index contributed by atoms with van der Waals surface area (Å²) in [6, 6.07) is 13.9. The van der Waals surface area contributed by atoms with E-state index in [-0.39, 0.29) is 16.8 Å². The summed E-state index contributed by atoms with van der Waals surface area (Å²) < 4.78 is 0. The van der Waals surface area contributed by atoms with Crippen molar-refractivity contribution in [2.45, 2.75) is 0 Å². The molecule has 2 aliphatic heterocycles. The number of para-hydroxylation sites is 2. The Hall–Kier alpha value is -3.32. The molecule has 1 atom stereocenters. The minimum atomic E-state index is -0.901. The van der Waals surface area contributed by atoms with Gasteiger partial charge in [-0.2, -0.15) is 14.9 Å². The maximum atomic E-state index is 12.9. The van der Waals surface area contributed by atoms with Gasteiger partial charge in [0, 0.05) is 6.07 Å². The summed E-state index contributed by atoms with van der Waals surface area (Å²) in [6.07, 6.45) is 0. The molecule has 7 nitrogen and oxygen atoms in total. The second-order valence-electron chi connectivity index (χ2n) is 5.03. The molecule has 0 fully saturated rings. The highest BCUT2D eigenvalue weighted by Crippen LogP contribution is 2.24. The Morgan fingerprint density at radius 3 is 2.39 bits per heavy atom. The fourth-order valence-corrected chi connectivity index (χ4v) is 2.73. The van der Waals surface area contributed by atoms with Gasteiger partial charge in [0.25, 0.3) is 5.91 Å². The Morgan fingerprint density at radius 2 is 1.61 bits per heavy atom. The van der Waals surface area contributed by atoms with Crippen molar-refractivity contribution in [1.29, 1.82) is 0 Å². The number of quaternary nitrogens is 1. The van der Waals surface area contributed by atoms with Crippen molar-refractivity contribution < 1.29 is 19.6 Å². The zero-order valence-electron chi connectivity index (χ0n) is 11.8. The van der Waals surface area contributed by atoms with Crippen molar-refractivity contribution in [3.05, 3.63) is 60.2 Å². The summed E-state index contributed by atoms with van der Waals surface area (Å²) in [7, 11) is 0. The average molecular weight is 306 g/mol. The van der Waals surface area contributed by atoms with E-state index >= 15 is 0 Å². The van der Waals surface area contributed by atoms with Gasteiger partial charge in [-0.3, -0.25) is 4.79 Å². The van der Waals surface area contributed by atoms with Crippen LogP contribution in [0.4, 0.5) is 16.2 Å². The minimum absolute atomic E-state index is 0.0323. The Kier molecular flexibility index (Phi) is 2.82. The maximum Gasteiger partial charge on any atom is 0.454 e. The molecule has 0 saturated carbocycles. The number of guanidine groups is 1. The summed E-state index contributed by atoms with van der Waals surface area (Å²) in [5.74, 6) is -0.304. The number of anilines is 1. The average Bonchev–Trinajstić information content (AvgIpc) is 2.55. The SMILES string of the molecule is O=C1c2ccccc2[NH+]2C(=O)N=C([O-])N=C2N1c1ccccc1. The number of hydrogen-bond donors (Lipinski definition) is 1.